The Labute approximate surface area is 193 Å². The predicted molar refractivity (Wildman–Crippen MR) is 135 cm³/mol. The Morgan fingerprint density at radius 3 is 2.73 bits per heavy atom. The molecule has 0 aliphatic heterocycles. The maximum absolute atomic E-state index is 12.3. The molecule has 2 aromatic heterocycles. The van der Waals surface area contributed by atoms with Crippen molar-refractivity contribution in [2.24, 2.45) is 0 Å². The van der Waals surface area contributed by atoms with Crippen molar-refractivity contribution in [3.63, 3.8) is 0 Å². The fourth-order valence-corrected chi connectivity index (χ4v) is 3.72. The van der Waals surface area contributed by atoms with Gasteiger partial charge in [-0.2, -0.15) is 0 Å². The number of carbonyl (C=O) groups excluding carboxylic acids is 1. The number of aromatic amines is 1. The first-order chi connectivity index (χ1) is 15.9. The van der Waals surface area contributed by atoms with E-state index in [1.54, 1.807) is 13.2 Å². The normalized spacial score (nSPS) is 11.4. The zero-order valence-corrected chi connectivity index (χ0v) is 19.3. The topological polar surface area (TPSA) is 70.2 Å². The van der Waals surface area contributed by atoms with Crippen LogP contribution in [0.3, 0.4) is 0 Å². The highest BCUT2D eigenvalue weighted by molar-refractivity contribution is 6.00. The van der Waals surface area contributed by atoms with E-state index >= 15 is 0 Å². The molecule has 33 heavy (non-hydrogen) atoms. The third-order valence-corrected chi connectivity index (χ3v) is 5.34. The molecule has 0 fully saturated rings. The van der Waals surface area contributed by atoms with Crippen LogP contribution in [0.5, 0.6) is 5.75 Å². The molecular weight excluding hydrogens is 412 g/mol. The third kappa shape index (κ3) is 5.30. The third-order valence-electron chi connectivity index (χ3n) is 5.34. The quantitative estimate of drug-likeness (QED) is 0.384. The molecule has 6 heteroatoms. The minimum atomic E-state index is -0.183. The number of aromatic nitrogens is 2. The van der Waals surface area contributed by atoms with Gasteiger partial charge in [-0.25, -0.2) is 4.98 Å². The Morgan fingerprint density at radius 1 is 1.12 bits per heavy atom. The van der Waals surface area contributed by atoms with E-state index in [0.717, 1.165) is 33.3 Å². The lowest BCUT2D eigenvalue weighted by Crippen LogP contribution is -2.13. The van der Waals surface area contributed by atoms with Crippen LogP contribution in [-0.2, 0) is 4.79 Å². The van der Waals surface area contributed by atoms with Gasteiger partial charge in [0.25, 0.3) is 0 Å². The van der Waals surface area contributed by atoms with E-state index in [1.807, 2.05) is 55.7 Å². The van der Waals surface area contributed by atoms with Crippen LogP contribution in [0, 0.1) is 6.92 Å². The summed E-state index contributed by atoms with van der Waals surface area (Å²) in [7, 11) is 5.53. The highest BCUT2D eigenvalue weighted by Gasteiger charge is 2.11. The Bertz CT molecular complexity index is 1320. The van der Waals surface area contributed by atoms with Crippen LogP contribution in [0.1, 0.15) is 5.56 Å². The molecule has 0 spiro atoms. The van der Waals surface area contributed by atoms with Gasteiger partial charge >= 0.3 is 0 Å². The molecule has 6 nitrogen and oxygen atoms in total. The number of amides is 1. The average Bonchev–Trinajstić information content (AvgIpc) is 3.22. The van der Waals surface area contributed by atoms with E-state index in [4.69, 9.17) is 4.74 Å². The fourth-order valence-electron chi connectivity index (χ4n) is 3.72. The van der Waals surface area contributed by atoms with Gasteiger partial charge in [0.05, 0.1) is 7.11 Å². The monoisotopic (exact) mass is 440 g/mol. The smallest absolute Gasteiger partial charge is 0.248 e. The van der Waals surface area contributed by atoms with Gasteiger partial charge in [0.2, 0.25) is 5.91 Å². The van der Waals surface area contributed by atoms with E-state index < -0.39 is 0 Å². The molecule has 0 bridgehead atoms. The summed E-state index contributed by atoms with van der Waals surface area (Å²) in [4.78, 5) is 22.2. The summed E-state index contributed by atoms with van der Waals surface area (Å²) >= 11 is 0. The van der Waals surface area contributed by atoms with Gasteiger partial charge in [-0.1, -0.05) is 35.9 Å². The maximum Gasteiger partial charge on any atom is 0.248 e. The molecule has 168 valence electrons. The van der Waals surface area contributed by atoms with Gasteiger partial charge in [0.1, 0.15) is 11.4 Å². The second-order valence-electron chi connectivity index (χ2n) is 8.30. The van der Waals surface area contributed by atoms with E-state index in [1.165, 1.54) is 5.56 Å². The van der Waals surface area contributed by atoms with Crippen molar-refractivity contribution in [3.05, 3.63) is 78.6 Å². The summed E-state index contributed by atoms with van der Waals surface area (Å²) in [5.41, 5.74) is 6.79. The average molecular weight is 441 g/mol. The summed E-state index contributed by atoms with van der Waals surface area (Å²) < 4.78 is 5.49. The van der Waals surface area contributed by atoms with Crippen LogP contribution in [0.2, 0.25) is 0 Å². The fraction of sp³-hybridized carbons (Fsp3) is 0.185. The summed E-state index contributed by atoms with van der Waals surface area (Å²) in [6.45, 7) is 2.78. The summed E-state index contributed by atoms with van der Waals surface area (Å²) in [5.74, 6) is 0.477. The van der Waals surface area contributed by atoms with E-state index in [2.05, 4.69) is 52.5 Å². The molecule has 0 atom stereocenters. The number of ether oxygens (including phenoxy) is 1. The van der Waals surface area contributed by atoms with Crippen molar-refractivity contribution in [2.45, 2.75) is 6.92 Å². The van der Waals surface area contributed by atoms with Crippen molar-refractivity contribution in [2.75, 3.05) is 33.1 Å². The molecule has 2 N–H and O–H groups in total. The number of benzene rings is 2. The molecule has 0 saturated carbocycles. The number of nitrogens with one attached hydrogen (secondary N) is 2. The van der Waals surface area contributed by atoms with Gasteiger partial charge in [0, 0.05) is 53.3 Å². The first kappa shape index (κ1) is 22.3. The minimum absolute atomic E-state index is 0.183. The number of hydrogen-bond acceptors (Lipinski definition) is 4. The number of anilines is 1. The minimum Gasteiger partial charge on any atom is -0.497 e. The molecule has 2 heterocycles. The summed E-state index contributed by atoms with van der Waals surface area (Å²) in [6.07, 6.45) is 7.19. The number of pyridine rings is 1. The Morgan fingerprint density at radius 2 is 1.97 bits per heavy atom. The zero-order valence-electron chi connectivity index (χ0n) is 19.3. The van der Waals surface area contributed by atoms with Gasteiger partial charge in [-0.15, -0.1) is 0 Å². The number of nitrogens with zero attached hydrogens (tertiary/aromatic N) is 2. The molecule has 1 amide bonds. The van der Waals surface area contributed by atoms with Gasteiger partial charge < -0.3 is 19.9 Å². The molecule has 0 radical (unpaired) electrons. The van der Waals surface area contributed by atoms with Crippen molar-refractivity contribution < 1.29 is 9.53 Å². The number of H-pyrrole nitrogens is 1. The van der Waals surface area contributed by atoms with E-state index in [-0.39, 0.29) is 5.91 Å². The van der Waals surface area contributed by atoms with Crippen molar-refractivity contribution in [1.82, 2.24) is 14.9 Å². The van der Waals surface area contributed by atoms with E-state index in [0.29, 0.717) is 18.0 Å². The van der Waals surface area contributed by atoms with Crippen molar-refractivity contribution in [3.8, 4) is 28.0 Å². The van der Waals surface area contributed by atoms with Crippen LogP contribution in [-0.4, -0.2) is 48.5 Å². The van der Waals surface area contributed by atoms with Crippen LogP contribution in [0.4, 0.5) is 5.69 Å². The first-order valence-electron chi connectivity index (χ1n) is 10.8. The maximum atomic E-state index is 12.3. The molecule has 0 aliphatic carbocycles. The Kier molecular flexibility index (Phi) is 6.56. The zero-order chi connectivity index (χ0) is 23.4. The number of aryl methyl sites for hydroxylation is 1. The summed E-state index contributed by atoms with van der Waals surface area (Å²) in [5, 5.41) is 3.97. The van der Waals surface area contributed by atoms with Crippen LogP contribution in [0.15, 0.2) is 73.1 Å². The second kappa shape index (κ2) is 9.71. The SMILES string of the molecule is COc1cc(NC(=O)/C=C/CN(C)C)cc(-c2cnc3[nH]cc(-c4cccc(C)c4)c3c2)c1. The Hall–Kier alpha value is -3.90. The largest absolute Gasteiger partial charge is 0.497 e. The lowest BCUT2D eigenvalue weighted by Gasteiger charge is -2.10. The van der Waals surface area contributed by atoms with Gasteiger partial charge in [0.15, 0.2) is 0 Å². The number of rotatable bonds is 7. The molecular formula is C27H28N4O2. The molecule has 0 unspecified atom stereocenters. The van der Waals surface area contributed by atoms with Gasteiger partial charge in [-0.3, -0.25) is 4.79 Å². The predicted octanol–water partition coefficient (Wildman–Crippen LogP) is 5.27. The van der Waals surface area contributed by atoms with Crippen LogP contribution in [0.25, 0.3) is 33.3 Å². The highest BCUT2D eigenvalue weighted by atomic mass is 16.5. The molecule has 0 aliphatic rings. The first-order valence-corrected chi connectivity index (χ1v) is 10.8. The number of hydrogen-bond donors (Lipinski definition) is 2. The number of carbonyl (C=O) groups is 1. The van der Waals surface area contributed by atoms with E-state index in [9.17, 15) is 4.79 Å². The molecule has 4 aromatic rings. The van der Waals surface area contributed by atoms with Crippen LogP contribution < -0.4 is 10.1 Å². The molecule has 4 rings (SSSR count). The second-order valence-corrected chi connectivity index (χ2v) is 8.30. The highest BCUT2D eigenvalue weighted by Crippen LogP contribution is 2.33. The number of likely N-dealkylation sites (N-methyl/N-ethyl adjacent to an activating group) is 1. The standard InChI is InChI=1S/C27H28N4O2/c1-18-7-5-8-19(11-18)25-17-29-27-24(25)14-21(16-28-27)20-12-22(15-23(13-20)33-4)30-26(32)9-6-10-31(2)3/h5-9,11-17H,10H2,1-4H3,(H,28,29)(H,30,32)/b9-6+. The van der Waals surface area contributed by atoms with Crippen molar-refractivity contribution >= 4 is 22.6 Å². The molecule has 2 aromatic carbocycles. The number of fused-ring (bicyclic) bond motifs is 1. The summed E-state index contributed by atoms with van der Waals surface area (Å²) in [6, 6.07) is 16.2. The molecule has 0 saturated heterocycles. The Balaban J connectivity index is 1.69. The number of methoxy groups -OCH3 is 1. The van der Waals surface area contributed by atoms with Crippen molar-refractivity contribution in [1.29, 1.82) is 0 Å². The lowest BCUT2D eigenvalue weighted by atomic mass is 10.0. The van der Waals surface area contributed by atoms with Gasteiger partial charge in [-0.05, 0) is 50.3 Å². The van der Waals surface area contributed by atoms with Crippen LogP contribution >= 0.6 is 0 Å². The lowest BCUT2D eigenvalue weighted by molar-refractivity contribution is -0.111.